The van der Waals surface area contributed by atoms with E-state index in [-0.39, 0.29) is 5.60 Å². The molecule has 0 radical (unpaired) electrons. The molecular formula is C16H24N4O2. The number of carbonyl (C=O) groups excluding carboxylic acids is 1. The zero-order chi connectivity index (χ0) is 16.0. The SMILES string of the molecule is CN=C(NCc1cccc(C(N)=O)c1)NCC1(C)CCCO1. The molecule has 1 aliphatic heterocycles. The summed E-state index contributed by atoms with van der Waals surface area (Å²) in [6, 6.07) is 7.25. The molecule has 4 N–H and O–H groups in total. The van der Waals surface area contributed by atoms with Gasteiger partial charge in [-0.25, -0.2) is 0 Å². The van der Waals surface area contributed by atoms with Gasteiger partial charge in [-0.2, -0.15) is 0 Å². The van der Waals surface area contributed by atoms with Crippen molar-refractivity contribution in [3.05, 3.63) is 35.4 Å². The fraction of sp³-hybridized carbons (Fsp3) is 0.500. The smallest absolute Gasteiger partial charge is 0.248 e. The van der Waals surface area contributed by atoms with Crippen LogP contribution in [0.2, 0.25) is 0 Å². The zero-order valence-electron chi connectivity index (χ0n) is 13.2. The Labute approximate surface area is 131 Å². The summed E-state index contributed by atoms with van der Waals surface area (Å²) in [7, 11) is 1.73. The van der Waals surface area contributed by atoms with Gasteiger partial charge in [0.05, 0.1) is 5.60 Å². The minimum Gasteiger partial charge on any atom is -0.373 e. The highest BCUT2D eigenvalue weighted by atomic mass is 16.5. The van der Waals surface area contributed by atoms with Gasteiger partial charge < -0.3 is 21.1 Å². The quantitative estimate of drug-likeness (QED) is 0.560. The van der Waals surface area contributed by atoms with Crippen LogP contribution in [0.3, 0.4) is 0 Å². The molecule has 0 spiro atoms. The first-order valence-electron chi connectivity index (χ1n) is 7.50. The number of carbonyl (C=O) groups is 1. The van der Waals surface area contributed by atoms with Crippen molar-refractivity contribution < 1.29 is 9.53 Å². The lowest BCUT2D eigenvalue weighted by molar-refractivity contribution is 0.0243. The van der Waals surface area contributed by atoms with Crippen molar-refractivity contribution in [3.8, 4) is 0 Å². The van der Waals surface area contributed by atoms with Crippen LogP contribution in [0.1, 0.15) is 35.7 Å². The van der Waals surface area contributed by atoms with Crippen molar-refractivity contribution in [2.45, 2.75) is 31.9 Å². The van der Waals surface area contributed by atoms with Crippen molar-refractivity contribution in [2.24, 2.45) is 10.7 Å². The summed E-state index contributed by atoms with van der Waals surface area (Å²) < 4.78 is 5.74. The second-order valence-electron chi connectivity index (χ2n) is 5.75. The Balaban J connectivity index is 1.86. The summed E-state index contributed by atoms with van der Waals surface area (Å²) in [5.74, 6) is 0.289. The number of benzene rings is 1. The number of amides is 1. The van der Waals surface area contributed by atoms with E-state index in [1.165, 1.54) is 0 Å². The number of nitrogens with one attached hydrogen (secondary N) is 2. The van der Waals surface area contributed by atoms with E-state index in [9.17, 15) is 4.79 Å². The lowest BCUT2D eigenvalue weighted by Crippen LogP contribution is -2.45. The summed E-state index contributed by atoms with van der Waals surface area (Å²) in [4.78, 5) is 15.4. The predicted molar refractivity (Wildman–Crippen MR) is 86.8 cm³/mol. The van der Waals surface area contributed by atoms with E-state index < -0.39 is 5.91 Å². The zero-order valence-corrected chi connectivity index (χ0v) is 13.2. The molecular weight excluding hydrogens is 280 g/mol. The highest BCUT2D eigenvalue weighted by molar-refractivity contribution is 5.92. The maximum absolute atomic E-state index is 11.2. The van der Waals surface area contributed by atoms with Gasteiger partial charge in [0.1, 0.15) is 0 Å². The first-order chi connectivity index (χ1) is 10.5. The molecule has 0 aromatic heterocycles. The van der Waals surface area contributed by atoms with E-state index in [1.807, 2.05) is 12.1 Å². The van der Waals surface area contributed by atoms with Gasteiger partial charge in [0, 0.05) is 32.3 Å². The Morgan fingerprint density at radius 1 is 1.45 bits per heavy atom. The Kier molecular flexibility index (Phi) is 5.38. The normalized spacial score (nSPS) is 21.6. The standard InChI is InChI=1S/C16H24N4O2/c1-16(7-4-8-22-16)11-20-15(18-2)19-10-12-5-3-6-13(9-12)14(17)21/h3,5-6,9H,4,7-8,10-11H2,1-2H3,(H2,17,21)(H2,18,19,20). The molecule has 22 heavy (non-hydrogen) atoms. The molecule has 1 aliphatic rings. The van der Waals surface area contributed by atoms with Crippen molar-refractivity contribution in [2.75, 3.05) is 20.2 Å². The number of hydrogen-bond acceptors (Lipinski definition) is 3. The first-order valence-corrected chi connectivity index (χ1v) is 7.50. The van der Waals surface area contributed by atoms with Gasteiger partial charge in [0.25, 0.3) is 0 Å². The van der Waals surface area contributed by atoms with Crippen LogP contribution < -0.4 is 16.4 Å². The van der Waals surface area contributed by atoms with Crippen molar-refractivity contribution in [3.63, 3.8) is 0 Å². The Morgan fingerprint density at radius 3 is 2.91 bits per heavy atom. The fourth-order valence-corrected chi connectivity index (χ4v) is 2.49. The van der Waals surface area contributed by atoms with E-state index in [1.54, 1.807) is 19.2 Å². The fourth-order valence-electron chi connectivity index (χ4n) is 2.49. The van der Waals surface area contributed by atoms with Crippen LogP contribution in [-0.2, 0) is 11.3 Å². The van der Waals surface area contributed by atoms with Gasteiger partial charge in [-0.3, -0.25) is 9.79 Å². The van der Waals surface area contributed by atoms with Crippen LogP contribution >= 0.6 is 0 Å². The van der Waals surface area contributed by atoms with Crippen LogP contribution in [0.4, 0.5) is 0 Å². The highest BCUT2D eigenvalue weighted by Crippen LogP contribution is 2.23. The summed E-state index contributed by atoms with van der Waals surface area (Å²) in [6.45, 7) is 4.22. The summed E-state index contributed by atoms with van der Waals surface area (Å²) >= 11 is 0. The number of primary amides is 1. The third-order valence-corrected chi connectivity index (χ3v) is 3.83. The predicted octanol–water partition coefficient (Wildman–Crippen LogP) is 1.02. The Hall–Kier alpha value is -2.08. The molecule has 2 rings (SSSR count). The van der Waals surface area contributed by atoms with Crippen LogP contribution in [0.5, 0.6) is 0 Å². The number of hydrogen-bond donors (Lipinski definition) is 3. The second kappa shape index (κ2) is 7.26. The van der Waals surface area contributed by atoms with Crippen LogP contribution in [0, 0.1) is 0 Å². The second-order valence-corrected chi connectivity index (χ2v) is 5.75. The van der Waals surface area contributed by atoms with Crippen molar-refractivity contribution in [1.82, 2.24) is 10.6 Å². The summed E-state index contributed by atoms with van der Waals surface area (Å²) in [5, 5.41) is 6.51. The van der Waals surface area contributed by atoms with Crippen LogP contribution in [-0.4, -0.2) is 37.7 Å². The Morgan fingerprint density at radius 2 is 2.27 bits per heavy atom. The molecule has 1 aromatic carbocycles. The van der Waals surface area contributed by atoms with Crippen molar-refractivity contribution in [1.29, 1.82) is 0 Å². The van der Waals surface area contributed by atoms with E-state index in [0.29, 0.717) is 24.6 Å². The summed E-state index contributed by atoms with van der Waals surface area (Å²) in [6.07, 6.45) is 2.15. The number of nitrogens with zero attached hydrogens (tertiary/aromatic N) is 1. The molecule has 1 atom stereocenters. The maximum Gasteiger partial charge on any atom is 0.248 e. The average molecular weight is 304 g/mol. The molecule has 6 heteroatoms. The monoisotopic (exact) mass is 304 g/mol. The molecule has 1 amide bonds. The van der Waals surface area contributed by atoms with E-state index >= 15 is 0 Å². The molecule has 1 heterocycles. The van der Waals surface area contributed by atoms with E-state index in [0.717, 1.165) is 25.0 Å². The topological polar surface area (TPSA) is 88.7 Å². The molecule has 1 unspecified atom stereocenters. The van der Waals surface area contributed by atoms with Gasteiger partial charge in [0.2, 0.25) is 5.91 Å². The molecule has 1 aromatic rings. The Bertz CT molecular complexity index is 551. The van der Waals surface area contributed by atoms with Crippen LogP contribution in [0.15, 0.2) is 29.3 Å². The van der Waals surface area contributed by atoms with Gasteiger partial charge in [-0.1, -0.05) is 12.1 Å². The molecule has 0 aliphatic carbocycles. The number of aliphatic imine (C=N–C) groups is 1. The number of ether oxygens (including phenoxy) is 1. The summed E-state index contributed by atoms with van der Waals surface area (Å²) in [5.41, 5.74) is 6.65. The molecule has 1 fully saturated rings. The first kappa shape index (κ1) is 16.3. The third kappa shape index (κ3) is 4.46. The number of rotatable bonds is 5. The largest absolute Gasteiger partial charge is 0.373 e. The van der Waals surface area contributed by atoms with Gasteiger partial charge in [0.15, 0.2) is 5.96 Å². The lowest BCUT2D eigenvalue weighted by Gasteiger charge is -2.24. The molecule has 0 bridgehead atoms. The van der Waals surface area contributed by atoms with E-state index in [4.69, 9.17) is 10.5 Å². The highest BCUT2D eigenvalue weighted by Gasteiger charge is 2.29. The number of nitrogens with two attached hydrogens (primary N) is 1. The van der Waals surface area contributed by atoms with Gasteiger partial charge in [-0.05, 0) is 37.5 Å². The maximum atomic E-state index is 11.2. The van der Waals surface area contributed by atoms with E-state index in [2.05, 4.69) is 22.5 Å². The molecule has 120 valence electrons. The minimum absolute atomic E-state index is 0.122. The molecule has 6 nitrogen and oxygen atoms in total. The average Bonchev–Trinajstić information content (AvgIpc) is 2.95. The lowest BCUT2D eigenvalue weighted by atomic mass is 10.0. The third-order valence-electron chi connectivity index (χ3n) is 3.83. The minimum atomic E-state index is -0.421. The van der Waals surface area contributed by atoms with Crippen molar-refractivity contribution >= 4 is 11.9 Å². The molecule has 1 saturated heterocycles. The van der Waals surface area contributed by atoms with Crippen LogP contribution in [0.25, 0.3) is 0 Å². The number of guanidine groups is 1. The van der Waals surface area contributed by atoms with Gasteiger partial charge in [-0.15, -0.1) is 0 Å². The van der Waals surface area contributed by atoms with Gasteiger partial charge >= 0.3 is 0 Å². The molecule has 0 saturated carbocycles.